The highest BCUT2D eigenvalue weighted by molar-refractivity contribution is 5.73. The van der Waals surface area contributed by atoms with Crippen molar-refractivity contribution in [1.29, 1.82) is 0 Å². The van der Waals surface area contributed by atoms with Crippen LogP contribution in [0, 0.1) is 0 Å². The number of hydrogen-bond donors (Lipinski definition) is 2. The fourth-order valence-electron chi connectivity index (χ4n) is 1.91. The molecule has 21 heavy (non-hydrogen) atoms. The highest BCUT2D eigenvalue weighted by Gasteiger charge is 2.14. The normalized spacial score (nSPS) is 10.5. The summed E-state index contributed by atoms with van der Waals surface area (Å²) in [4.78, 5) is 4.32. The Balaban J connectivity index is 2.00. The number of hydrogen-bond acceptors (Lipinski definition) is 6. The predicted octanol–water partition coefficient (Wildman–Crippen LogP) is 2.70. The number of nitrogens with zero attached hydrogens (tertiary/aromatic N) is 2. The summed E-state index contributed by atoms with van der Waals surface area (Å²) in [6, 6.07) is 11.8. The van der Waals surface area contributed by atoms with Crippen molar-refractivity contribution in [2.24, 2.45) is 0 Å². The highest BCUT2D eigenvalue weighted by atomic mass is 16.5. The summed E-state index contributed by atoms with van der Waals surface area (Å²) in [6.07, 6.45) is 0. The van der Waals surface area contributed by atoms with Crippen LogP contribution in [0.1, 0.15) is 0 Å². The molecule has 0 unspecified atom stereocenters. The Morgan fingerprint density at radius 1 is 1.14 bits per heavy atom. The molecule has 0 saturated carbocycles. The Morgan fingerprint density at radius 2 is 1.90 bits per heavy atom. The van der Waals surface area contributed by atoms with E-state index in [1.165, 1.54) is 0 Å². The maximum atomic E-state index is 9.29. The van der Waals surface area contributed by atoms with Crippen molar-refractivity contribution in [3.8, 4) is 34.3 Å². The zero-order chi connectivity index (χ0) is 14.8. The molecule has 3 aromatic rings. The number of phenolic OH excluding ortho intramolecular Hbond substituents is 1. The molecular weight excluding hydrogens is 270 g/mol. The van der Waals surface area contributed by atoms with Gasteiger partial charge in [-0.1, -0.05) is 5.16 Å². The van der Waals surface area contributed by atoms with Crippen LogP contribution in [0.4, 0.5) is 5.69 Å². The van der Waals surface area contributed by atoms with Gasteiger partial charge in [0, 0.05) is 11.3 Å². The smallest absolute Gasteiger partial charge is 0.260 e. The van der Waals surface area contributed by atoms with E-state index < -0.39 is 0 Å². The first-order chi connectivity index (χ1) is 10.2. The van der Waals surface area contributed by atoms with Gasteiger partial charge >= 0.3 is 0 Å². The molecule has 0 aliphatic rings. The van der Waals surface area contributed by atoms with Gasteiger partial charge in [-0.15, -0.1) is 0 Å². The van der Waals surface area contributed by atoms with Crippen LogP contribution < -0.4 is 10.5 Å². The molecule has 6 heteroatoms. The first-order valence-corrected chi connectivity index (χ1v) is 6.24. The topological polar surface area (TPSA) is 94.4 Å². The Kier molecular flexibility index (Phi) is 3.19. The van der Waals surface area contributed by atoms with E-state index in [1.54, 1.807) is 49.6 Å². The Labute approximate surface area is 120 Å². The summed E-state index contributed by atoms with van der Waals surface area (Å²) in [5, 5.41) is 13.2. The van der Waals surface area contributed by atoms with Crippen molar-refractivity contribution in [1.82, 2.24) is 10.1 Å². The monoisotopic (exact) mass is 283 g/mol. The average Bonchev–Trinajstić information content (AvgIpc) is 2.98. The minimum absolute atomic E-state index is 0.180. The Bertz CT molecular complexity index is 766. The largest absolute Gasteiger partial charge is 0.508 e. The Hall–Kier alpha value is -3.02. The van der Waals surface area contributed by atoms with Gasteiger partial charge in [0.2, 0.25) is 5.82 Å². The van der Waals surface area contributed by atoms with E-state index in [2.05, 4.69) is 10.1 Å². The summed E-state index contributed by atoms with van der Waals surface area (Å²) >= 11 is 0. The van der Waals surface area contributed by atoms with E-state index in [4.69, 9.17) is 15.0 Å². The molecule has 1 aromatic heterocycles. The van der Waals surface area contributed by atoms with Gasteiger partial charge in [0.05, 0.1) is 12.7 Å². The summed E-state index contributed by atoms with van der Waals surface area (Å²) < 4.78 is 10.4. The van der Waals surface area contributed by atoms with Crippen LogP contribution in [0.3, 0.4) is 0 Å². The minimum atomic E-state index is 0.180. The van der Waals surface area contributed by atoms with Gasteiger partial charge in [0.1, 0.15) is 11.5 Å². The first-order valence-electron chi connectivity index (χ1n) is 6.24. The van der Waals surface area contributed by atoms with E-state index in [0.29, 0.717) is 28.7 Å². The highest BCUT2D eigenvalue weighted by Crippen LogP contribution is 2.30. The molecule has 0 aliphatic heterocycles. The molecule has 0 bridgehead atoms. The number of aromatic hydroxyl groups is 1. The zero-order valence-electron chi connectivity index (χ0n) is 11.3. The number of benzene rings is 2. The maximum absolute atomic E-state index is 9.29. The van der Waals surface area contributed by atoms with Crippen LogP contribution in [-0.2, 0) is 0 Å². The van der Waals surface area contributed by atoms with Crippen LogP contribution in [0.25, 0.3) is 22.8 Å². The van der Waals surface area contributed by atoms with Crippen molar-refractivity contribution in [3.63, 3.8) is 0 Å². The first kappa shape index (κ1) is 13.0. The summed E-state index contributed by atoms with van der Waals surface area (Å²) in [6.45, 7) is 0. The third-order valence-electron chi connectivity index (χ3n) is 3.04. The molecule has 3 N–H and O–H groups in total. The van der Waals surface area contributed by atoms with E-state index in [1.807, 2.05) is 0 Å². The molecule has 1 heterocycles. The van der Waals surface area contributed by atoms with Crippen molar-refractivity contribution >= 4 is 5.69 Å². The lowest BCUT2D eigenvalue weighted by atomic mass is 10.1. The van der Waals surface area contributed by atoms with Crippen molar-refractivity contribution < 1.29 is 14.4 Å². The Morgan fingerprint density at radius 3 is 2.62 bits per heavy atom. The van der Waals surface area contributed by atoms with Gasteiger partial charge < -0.3 is 20.1 Å². The van der Waals surface area contributed by atoms with E-state index in [9.17, 15) is 5.11 Å². The van der Waals surface area contributed by atoms with Crippen LogP contribution in [0.5, 0.6) is 11.5 Å². The van der Waals surface area contributed by atoms with Crippen LogP contribution >= 0.6 is 0 Å². The predicted molar refractivity (Wildman–Crippen MR) is 77.8 cm³/mol. The molecule has 0 fully saturated rings. The molecule has 0 saturated heterocycles. The second-order valence-electron chi connectivity index (χ2n) is 4.42. The third kappa shape index (κ3) is 2.51. The third-order valence-corrected chi connectivity index (χ3v) is 3.04. The van der Waals surface area contributed by atoms with Gasteiger partial charge in [-0.2, -0.15) is 4.98 Å². The van der Waals surface area contributed by atoms with Gasteiger partial charge in [0.15, 0.2) is 0 Å². The average molecular weight is 283 g/mol. The molecule has 0 atom stereocenters. The van der Waals surface area contributed by atoms with Gasteiger partial charge in [0.25, 0.3) is 5.89 Å². The lowest BCUT2D eigenvalue weighted by Crippen LogP contribution is -1.92. The van der Waals surface area contributed by atoms with Crippen LogP contribution in [0.15, 0.2) is 47.0 Å². The zero-order valence-corrected chi connectivity index (χ0v) is 11.3. The summed E-state index contributed by atoms with van der Waals surface area (Å²) in [5.41, 5.74) is 7.81. The van der Waals surface area contributed by atoms with Gasteiger partial charge in [-0.3, -0.25) is 0 Å². The number of aromatic nitrogens is 2. The molecular formula is C15H13N3O3. The number of rotatable bonds is 3. The number of nitrogen functional groups attached to an aromatic ring is 1. The molecule has 0 radical (unpaired) electrons. The quantitative estimate of drug-likeness (QED) is 0.718. The number of ether oxygens (including phenoxy) is 1. The van der Waals surface area contributed by atoms with Gasteiger partial charge in [-0.25, -0.2) is 0 Å². The molecule has 6 nitrogen and oxygen atoms in total. The maximum Gasteiger partial charge on any atom is 0.260 e. The second kappa shape index (κ2) is 5.16. The molecule has 0 amide bonds. The van der Waals surface area contributed by atoms with Gasteiger partial charge in [-0.05, 0) is 42.5 Å². The molecule has 2 aromatic carbocycles. The van der Waals surface area contributed by atoms with E-state index >= 15 is 0 Å². The van der Waals surface area contributed by atoms with Crippen molar-refractivity contribution in [2.45, 2.75) is 0 Å². The summed E-state index contributed by atoms with van der Waals surface area (Å²) in [7, 11) is 1.57. The lowest BCUT2D eigenvalue weighted by molar-refractivity contribution is 0.413. The number of phenols is 1. The number of methoxy groups -OCH3 is 1. The SMILES string of the molecule is COc1ccc(N)c(-c2nc(-c3ccc(O)cc3)no2)c1. The number of anilines is 1. The lowest BCUT2D eigenvalue weighted by Gasteiger charge is -2.03. The number of nitrogens with two attached hydrogens (primary N) is 1. The van der Waals surface area contributed by atoms with Crippen LogP contribution in [-0.4, -0.2) is 22.4 Å². The second-order valence-corrected chi connectivity index (χ2v) is 4.42. The van der Waals surface area contributed by atoms with Crippen molar-refractivity contribution in [2.75, 3.05) is 12.8 Å². The van der Waals surface area contributed by atoms with Crippen LogP contribution in [0.2, 0.25) is 0 Å². The molecule has 0 spiro atoms. The standard InChI is InChI=1S/C15H13N3O3/c1-20-11-6-7-13(16)12(8-11)15-17-14(18-21-15)9-2-4-10(19)5-3-9/h2-8,19H,16H2,1H3. The fourth-order valence-corrected chi connectivity index (χ4v) is 1.91. The summed E-state index contributed by atoms with van der Waals surface area (Å²) in [5.74, 6) is 1.57. The molecule has 0 aliphatic carbocycles. The molecule has 3 rings (SSSR count). The van der Waals surface area contributed by atoms with Crippen molar-refractivity contribution in [3.05, 3.63) is 42.5 Å². The van der Waals surface area contributed by atoms with E-state index in [0.717, 1.165) is 5.56 Å². The molecule has 106 valence electrons. The fraction of sp³-hybridized carbons (Fsp3) is 0.0667. The minimum Gasteiger partial charge on any atom is -0.508 e. The van der Waals surface area contributed by atoms with E-state index in [-0.39, 0.29) is 5.75 Å².